The van der Waals surface area contributed by atoms with E-state index in [2.05, 4.69) is 13.5 Å². The molecular formula is C37H74O12. The number of rotatable bonds is 46. The lowest BCUT2D eigenvalue weighted by Crippen LogP contribution is -2.15. The molecule has 12 heteroatoms. The van der Waals surface area contributed by atoms with Crippen molar-refractivity contribution in [2.24, 2.45) is 0 Å². The first-order valence-corrected chi connectivity index (χ1v) is 19.0. The quantitative estimate of drug-likeness (QED) is 0.0576. The lowest BCUT2D eigenvalue weighted by atomic mass is 10.1. The Morgan fingerprint density at radius 1 is 0.265 bits per heavy atom. The Bertz CT molecular complexity index is 588. The van der Waals surface area contributed by atoms with E-state index in [4.69, 9.17) is 56.8 Å². The molecular weight excluding hydrogens is 636 g/mol. The van der Waals surface area contributed by atoms with Crippen molar-refractivity contribution >= 4 is 0 Å². The minimum absolute atomic E-state index is 0.504. The predicted octanol–water partition coefficient (Wildman–Crippen LogP) is 5.64. The van der Waals surface area contributed by atoms with Crippen LogP contribution >= 0.6 is 0 Å². The van der Waals surface area contributed by atoms with Crippen LogP contribution in [-0.4, -0.2) is 152 Å². The Balaban J connectivity index is 3.04. The van der Waals surface area contributed by atoms with Gasteiger partial charge in [0.1, 0.15) is 6.61 Å². The summed E-state index contributed by atoms with van der Waals surface area (Å²) in [5, 5.41) is 0. The van der Waals surface area contributed by atoms with Crippen molar-refractivity contribution in [3.63, 3.8) is 0 Å². The summed E-state index contributed by atoms with van der Waals surface area (Å²) in [5.41, 5.74) is 0. The maximum absolute atomic E-state index is 5.66. The van der Waals surface area contributed by atoms with Crippen molar-refractivity contribution in [3.8, 4) is 0 Å². The lowest BCUT2D eigenvalue weighted by molar-refractivity contribution is -0.0279. The highest BCUT2D eigenvalue weighted by Crippen LogP contribution is 2.11. The van der Waals surface area contributed by atoms with Crippen LogP contribution in [0.15, 0.2) is 12.8 Å². The summed E-state index contributed by atoms with van der Waals surface area (Å²) < 4.78 is 65.3. The molecule has 0 heterocycles. The summed E-state index contributed by atoms with van der Waals surface area (Å²) in [4.78, 5) is 0. The molecule has 0 rings (SSSR count). The maximum atomic E-state index is 5.66. The average molecular weight is 711 g/mol. The van der Waals surface area contributed by atoms with Crippen LogP contribution in [0.2, 0.25) is 0 Å². The number of ether oxygens (including phenoxy) is 12. The van der Waals surface area contributed by atoms with Gasteiger partial charge in [0.15, 0.2) is 0 Å². The van der Waals surface area contributed by atoms with E-state index in [9.17, 15) is 0 Å². The predicted molar refractivity (Wildman–Crippen MR) is 192 cm³/mol. The third-order valence-corrected chi connectivity index (χ3v) is 7.08. The Kier molecular flexibility index (Phi) is 46.2. The molecule has 0 N–H and O–H groups in total. The zero-order valence-electron chi connectivity index (χ0n) is 31.2. The van der Waals surface area contributed by atoms with Gasteiger partial charge in [-0.1, -0.05) is 77.7 Å². The van der Waals surface area contributed by atoms with E-state index in [-0.39, 0.29) is 0 Å². The van der Waals surface area contributed by atoms with E-state index in [1.54, 1.807) is 0 Å². The molecule has 0 spiro atoms. The van der Waals surface area contributed by atoms with E-state index in [1.165, 1.54) is 70.5 Å². The zero-order chi connectivity index (χ0) is 35.2. The van der Waals surface area contributed by atoms with Gasteiger partial charge in [0, 0.05) is 6.61 Å². The monoisotopic (exact) mass is 711 g/mol. The van der Waals surface area contributed by atoms with E-state index in [1.807, 2.05) is 0 Å². The van der Waals surface area contributed by atoms with Crippen LogP contribution in [0, 0.1) is 0 Å². The summed E-state index contributed by atoms with van der Waals surface area (Å²) in [6.45, 7) is 18.4. The Hall–Kier alpha value is -0.900. The van der Waals surface area contributed by atoms with E-state index < -0.39 is 0 Å². The highest BCUT2D eigenvalue weighted by Gasteiger charge is 1.97. The first kappa shape index (κ1) is 48.1. The van der Waals surface area contributed by atoms with Crippen molar-refractivity contribution in [1.29, 1.82) is 0 Å². The van der Waals surface area contributed by atoms with Gasteiger partial charge in [0.2, 0.25) is 0 Å². The van der Waals surface area contributed by atoms with Crippen LogP contribution < -0.4 is 0 Å². The zero-order valence-corrected chi connectivity index (χ0v) is 31.2. The van der Waals surface area contributed by atoms with Crippen LogP contribution in [0.25, 0.3) is 0 Å². The molecule has 0 aliphatic rings. The summed E-state index contributed by atoms with van der Waals surface area (Å²) >= 11 is 0. The third-order valence-electron chi connectivity index (χ3n) is 7.08. The van der Waals surface area contributed by atoms with Crippen molar-refractivity contribution < 1.29 is 56.8 Å². The fourth-order valence-corrected chi connectivity index (χ4v) is 4.36. The molecule has 0 aromatic heterocycles. The van der Waals surface area contributed by atoms with Crippen molar-refractivity contribution in [1.82, 2.24) is 0 Å². The molecule has 0 radical (unpaired) electrons. The molecule has 0 unspecified atom stereocenters. The van der Waals surface area contributed by atoms with E-state index in [0.29, 0.717) is 145 Å². The summed E-state index contributed by atoms with van der Waals surface area (Å²) in [5.74, 6) is 0. The van der Waals surface area contributed by atoms with Gasteiger partial charge < -0.3 is 56.8 Å². The molecule has 0 aliphatic carbocycles. The van der Waals surface area contributed by atoms with Crippen molar-refractivity contribution in [2.75, 3.05) is 152 Å². The van der Waals surface area contributed by atoms with Gasteiger partial charge in [0.25, 0.3) is 0 Å². The molecule has 0 bridgehead atoms. The first-order valence-electron chi connectivity index (χ1n) is 19.0. The van der Waals surface area contributed by atoms with E-state index in [0.717, 1.165) is 13.0 Å². The average Bonchev–Trinajstić information content (AvgIpc) is 3.11. The molecule has 49 heavy (non-hydrogen) atoms. The summed E-state index contributed by atoms with van der Waals surface area (Å²) in [6, 6.07) is 0. The first-order chi connectivity index (χ1) is 24.4. The van der Waals surface area contributed by atoms with Crippen LogP contribution in [0.5, 0.6) is 0 Å². The van der Waals surface area contributed by atoms with Crippen LogP contribution in [-0.2, 0) is 56.8 Å². The largest absolute Gasteiger partial charge is 0.499 e. The maximum Gasteiger partial charge on any atom is 0.111 e. The van der Waals surface area contributed by atoms with Gasteiger partial charge in [-0.25, -0.2) is 0 Å². The fourth-order valence-electron chi connectivity index (χ4n) is 4.36. The topological polar surface area (TPSA) is 111 Å². The van der Waals surface area contributed by atoms with E-state index >= 15 is 0 Å². The molecule has 0 fully saturated rings. The highest BCUT2D eigenvalue weighted by atomic mass is 16.6. The molecule has 0 aromatic carbocycles. The molecule has 0 amide bonds. The number of hydrogen-bond donors (Lipinski definition) is 0. The van der Waals surface area contributed by atoms with Crippen LogP contribution in [0.3, 0.4) is 0 Å². The smallest absolute Gasteiger partial charge is 0.111 e. The molecule has 0 saturated carbocycles. The highest BCUT2D eigenvalue weighted by molar-refractivity contribution is 4.49. The van der Waals surface area contributed by atoms with Gasteiger partial charge in [-0.2, -0.15) is 0 Å². The van der Waals surface area contributed by atoms with Crippen LogP contribution in [0.1, 0.15) is 77.6 Å². The second-order valence-electron chi connectivity index (χ2n) is 11.3. The lowest BCUT2D eigenvalue weighted by Gasteiger charge is -2.09. The fraction of sp³-hybridized carbons (Fsp3) is 0.946. The molecule has 0 atom stereocenters. The Morgan fingerprint density at radius 2 is 0.469 bits per heavy atom. The number of hydrogen-bond acceptors (Lipinski definition) is 12. The molecule has 0 aliphatic heterocycles. The van der Waals surface area contributed by atoms with Gasteiger partial charge in [-0.3, -0.25) is 0 Å². The Morgan fingerprint density at radius 3 is 0.714 bits per heavy atom. The summed E-state index contributed by atoms with van der Waals surface area (Å²) in [7, 11) is 0. The second-order valence-corrected chi connectivity index (χ2v) is 11.3. The van der Waals surface area contributed by atoms with Crippen molar-refractivity contribution in [2.45, 2.75) is 77.6 Å². The number of unbranched alkanes of at least 4 members (excludes halogenated alkanes) is 10. The van der Waals surface area contributed by atoms with Crippen molar-refractivity contribution in [3.05, 3.63) is 12.8 Å². The second kappa shape index (κ2) is 47.1. The van der Waals surface area contributed by atoms with Gasteiger partial charge in [-0.15, -0.1) is 0 Å². The Labute approximate surface area is 299 Å². The van der Waals surface area contributed by atoms with Gasteiger partial charge >= 0.3 is 0 Å². The molecule has 0 aromatic rings. The van der Waals surface area contributed by atoms with Gasteiger partial charge in [0.05, 0.1) is 145 Å². The minimum atomic E-state index is 0.504. The van der Waals surface area contributed by atoms with Crippen LogP contribution in [0.4, 0.5) is 0 Å². The SMILES string of the molecule is C=COCCOCCOCCOCCOCCOCCOCCOCCOCCOCCOCCOCCCCCCCCCCCCC. The molecule has 294 valence electrons. The normalized spacial score (nSPS) is 11.4. The third kappa shape index (κ3) is 47.1. The summed E-state index contributed by atoms with van der Waals surface area (Å²) in [6.07, 6.45) is 16.3. The molecule has 12 nitrogen and oxygen atoms in total. The standard InChI is InChI=1S/C37H74O12/c1-3-5-6-7-8-9-10-11-12-13-14-15-39-18-19-41-22-23-43-26-27-45-30-31-47-34-35-49-37-36-48-33-32-46-29-28-44-25-24-42-21-20-40-17-16-38-4-2/h4H,2-3,5-37H2,1H3. The van der Waals surface area contributed by atoms with Gasteiger partial charge in [-0.05, 0) is 6.42 Å². The minimum Gasteiger partial charge on any atom is -0.499 e. The molecule has 0 saturated heterocycles.